The highest BCUT2D eigenvalue weighted by molar-refractivity contribution is 5.91. The van der Waals surface area contributed by atoms with Crippen LogP contribution in [0.2, 0.25) is 0 Å². The van der Waals surface area contributed by atoms with Gasteiger partial charge in [0.05, 0.1) is 7.11 Å². The summed E-state index contributed by atoms with van der Waals surface area (Å²) in [7, 11) is 1.47. The number of ether oxygens (including phenoxy) is 3. The fraction of sp³-hybridized carbons (Fsp3) is 0.238. The lowest BCUT2D eigenvalue weighted by atomic mass is 10.2. The molecule has 158 valence electrons. The lowest BCUT2D eigenvalue weighted by molar-refractivity contribution is -0.153. The molecule has 0 saturated heterocycles. The molecule has 2 rings (SSSR count). The summed E-state index contributed by atoms with van der Waals surface area (Å²) in [6.07, 6.45) is -1.47. The molecular formula is C21H19F3N2O4. The van der Waals surface area contributed by atoms with Gasteiger partial charge in [0.25, 0.3) is 0 Å². The number of benzene rings is 2. The second-order valence-corrected chi connectivity index (χ2v) is 5.96. The van der Waals surface area contributed by atoms with Gasteiger partial charge in [-0.05, 0) is 41.5 Å². The molecule has 0 heterocycles. The third-order valence-electron chi connectivity index (χ3n) is 3.70. The third kappa shape index (κ3) is 7.75. The van der Waals surface area contributed by atoms with Gasteiger partial charge in [-0.2, -0.15) is 18.4 Å². The van der Waals surface area contributed by atoms with Crippen LogP contribution in [0.3, 0.4) is 0 Å². The molecule has 0 radical (unpaired) electrons. The molecule has 2 aromatic carbocycles. The molecule has 0 aliphatic heterocycles. The first-order valence-corrected chi connectivity index (χ1v) is 8.73. The van der Waals surface area contributed by atoms with E-state index in [0.717, 1.165) is 0 Å². The van der Waals surface area contributed by atoms with Crippen molar-refractivity contribution in [3.05, 3.63) is 59.7 Å². The highest BCUT2D eigenvalue weighted by Crippen LogP contribution is 2.28. The molecule has 0 fully saturated rings. The van der Waals surface area contributed by atoms with Crippen LogP contribution < -0.4 is 19.5 Å². The number of halogens is 3. The van der Waals surface area contributed by atoms with E-state index >= 15 is 0 Å². The fourth-order valence-corrected chi connectivity index (χ4v) is 2.31. The zero-order chi connectivity index (χ0) is 22.0. The third-order valence-corrected chi connectivity index (χ3v) is 3.70. The van der Waals surface area contributed by atoms with E-state index in [1.807, 2.05) is 6.07 Å². The van der Waals surface area contributed by atoms with Gasteiger partial charge in [-0.3, -0.25) is 4.79 Å². The van der Waals surface area contributed by atoms with Gasteiger partial charge in [-0.1, -0.05) is 18.2 Å². The van der Waals surface area contributed by atoms with Crippen LogP contribution in [-0.4, -0.2) is 32.4 Å². The highest BCUT2D eigenvalue weighted by Gasteiger charge is 2.28. The zero-order valence-electron chi connectivity index (χ0n) is 16.0. The van der Waals surface area contributed by atoms with E-state index < -0.39 is 12.8 Å². The van der Waals surface area contributed by atoms with E-state index in [2.05, 4.69) is 10.1 Å². The quantitative estimate of drug-likeness (QED) is 0.623. The molecule has 0 aliphatic rings. The number of nitriles is 1. The van der Waals surface area contributed by atoms with E-state index in [1.54, 1.807) is 36.4 Å². The molecule has 0 aliphatic carbocycles. The number of amides is 1. The average Bonchev–Trinajstić information content (AvgIpc) is 2.73. The monoisotopic (exact) mass is 420 g/mol. The molecule has 0 bridgehead atoms. The molecule has 9 heteroatoms. The van der Waals surface area contributed by atoms with Gasteiger partial charge in [-0.15, -0.1) is 0 Å². The summed E-state index contributed by atoms with van der Waals surface area (Å²) < 4.78 is 51.5. The fourth-order valence-electron chi connectivity index (χ4n) is 2.31. The minimum Gasteiger partial charge on any atom is -0.493 e. The van der Waals surface area contributed by atoms with Crippen molar-refractivity contribution in [2.45, 2.75) is 12.7 Å². The number of hydrogen-bond donors (Lipinski definition) is 1. The van der Waals surface area contributed by atoms with E-state index in [9.17, 15) is 18.0 Å². The standard InChI is InChI=1S/C21H19F3N2O4/c1-28-19-12-15(4-8-18(19)29-11-10-25)5-9-20(27)26-13-16-2-6-17(7-3-16)30-14-21(22,23)24/h2-9,12H,11,13-14H2,1H3,(H,26,27)/b9-5+. The van der Waals surface area contributed by atoms with Crippen molar-refractivity contribution in [3.63, 3.8) is 0 Å². The maximum atomic E-state index is 12.1. The van der Waals surface area contributed by atoms with Crippen LogP contribution in [0.5, 0.6) is 17.2 Å². The zero-order valence-corrected chi connectivity index (χ0v) is 16.0. The number of rotatable bonds is 9. The first-order chi connectivity index (χ1) is 14.3. The van der Waals surface area contributed by atoms with Gasteiger partial charge in [0.1, 0.15) is 11.8 Å². The first-order valence-electron chi connectivity index (χ1n) is 8.73. The molecule has 6 nitrogen and oxygen atoms in total. The topological polar surface area (TPSA) is 80.6 Å². The maximum Gasteiger partial charge on any atom is 0.422 e. The van der Waals surface area contributed by atoms with Gasteiger partial charge >= 0.3 is 6.18 Å². The van der Waals surface area contributed by atoms with E-state index in [4.69, 9.17) is 14.7 Å². The summed E-state index contributed by atoms with van der Waals surface area (Å²) in [5.41, 5.74) is 1.40. The summed E-state index contributed by atoms with van der Waals surface area (Å²) in [4.78, 5) is 12.0. The smallest absolute Gasteiger partial charge is 0.422 e. The van der Waals surface area contributed by atoms with E-state index in [1.165, 1.54) is 25.3 Å². The molecule has 1 N–H and O–H groups in total. The van der Waals surface area contributed by atoms with E-state index in [-0.39, 0.29) is 24.8 Å². The molecule has 2 aromatic rings. The second kappa shape index (κ2) is 10.8. The van der Waals surface area contributed by atoms with E-state index in [0.29, 0.717) is 22.6 Å². The predicted octanol–water partition coefficient (Wildman–Crippen LogP) is 3.87. The minimum absolute atomic E-state index is 0.0958. The van der Waals surface area contributed by atoms with Crippen LogP contribution in [0, 0.1) is 11.3 Å². The Hall–Kier alpha value is -3.67. The van der Waals surface area contributed by atoms with Gasteiger partial charge in [-0.25, -0.2) is 0 Å². The molecule has 30 heavy (non-hydrogen) atoms. The molecule has 0 atom stereocenters. The Morgan fingerprint density at radius 1 is 1.13 bits per heavy atom. The maximum absolute atomic E-state index is 12.1. The van der Waals surface area contributed by atoms with Crippen molar-refractivity contribution in [1.29, 1.82) is 5.26 Å². The van der Waals surface area contributed by atoms with Gasteiger partial charge in [0.15, 0.2) is 24.7 Å². The number of carbonyl (C=O) groups excluding carboxylic acids is 1. The lowest BCUT2D eigenvalue weighted by Crippen LogP contribution is -2.20. The van der Waals surface area contributed by atoms with Crippen molar-refractivity contribution in [3.8, 4) is 23.3 Å². The van der Waals surface area contributed by atoms with Crippen molar-refractivity contribution < 1.29 is 32.2 Å². The molecular weight excluding hydrogens is 401 g/mol. The second-order valence-electron chi connectivity index (χ2n) is 5.96. The average molecular weight is 420 g/mol. The Morgan fingerprint density at radius 3 is 2.50 bits per heavy atom. The van der Waals surface area contributed by atoms with Crippen molar-refractivity contribution in [2.24, 2.45) is 0 Å². The Balaban J connectivity index is 1.87. The first kappa shape index (κ1) is 22.6. The minimum atomic E-state index is -4.40. The Morgan fingerprint density at radius 2 is 1.87 bits per heavy atom. The number of nitrogens with one attached hydrogen (secondary N) is 1. The SMILES string of the molecule is COc1cc(/C=C/C(=O)NCc2ccc(OCC(F)(F)F)cc2)ccc1OCC#N. The number of alkyl halides is 3. The number of carbonyl (C=O) groups is 1. The molecule has 0 saturated carbocycles. The number of hydrogen-bond acceptors (Lipinski definition) is 5. The van der Waals surface area contributed by atoms with Crippen LogP contribution in [0.25, 0.3) is 6.08 Å². The van der Waals surface area contributed by atoms with Crippen molar-refractivity contribution >= 4 is 12.0 Å². The van der Waals surface area contributed by atoms with Gasteiger partial charge in [0.2, 0.25) is 5.91 Å². The highest BCUT2D eigenvalue weighted by atomic mass is 19.4. The normalized spacial score (nSPS) is 11.0. The Labute approximate surface area is 171 Å². The van der Waals surface area contributed by atoms with Crippen molar-refractivity contribution in [2.75, 3.05) is 20.3 Å². The molecule has 1 amide bonds. The number of methoxy groups -OCH3 is 1. The van der Waals surface area contributed by atoms with Crippen LogP contribution in [0.1, 0.15) is 11.1 Å². The summed E-state index contributed by atoms with van der Waals surface area (Å²) in [5, 5.41) is 11.2. The molecule has 0 aromatic heterocycles. The summed E-state index contributed by atoms with van der Waals surface area (Å²) in [6.45, 7) is -1.26. The van der Waals surface area contributed by atoms with Gasteiger partial charge in [0, 0.05) is 12.6 Å². The summed E-state index contributed by atoms with van der Waals surface area (Å²) in [5.74, 6) is 0.596. The predicted molar refractivity (Wildman–Crippen MR) is 103 cm³/mol. The number of nitrogens with zero attached hydrogens (tertiary/aromatic N) is 1. The van der Waals surface area contributed by atoms with Crippen LogP contribution in [0.15, 0.2) is 48.5 Å². The largest absolute Gasteiger partial charge is 0.493 e. The van der Waals surface area contributed by atoms with Crippen LogP contribution in [0.4, 0.5) is 13.2 Å². The molecule has 0 spiro atoms. The Bertz CT molecular complexity index is 919. The Kier molecular flexibility index (Phi) is 8.11. The van der Waals surface area contributed by atoms with Crippen LogP contribution >= 0.6 is 0 Å². The molecule has 0 unspecified atom stereocenters. The summed E-state index contributed by atoms with van der Waals surface area (Å²) in [6, 6.07) is 12.8. The van der Waals surface area contributed by atoms with Gasteiger partial charge < -0.3 is 19.5 Å². The lowest BCUT2D eigenvalue weighted by Gasteiger charge is -2.10. The van der Waals surface area contributed by atoms with Crippen LogP contribution in [-0.2, 0) is 11.3 Å². The van der Waals surface area contributed by atoms with Crippen molar-refractivity contribution in [1.82, 2.24) is 5.32 Å². The summed E-state index contributed by atoms with van der Waals surface area (Å²) >= 11 is 0.